The molecule has 1 aromatic heterocycles. The van der Waals surface area contributed by atoms with E-state index in [1.54, 1.807) is 0 Å². The molecule has 0 unspecified atom stereocenters. The van der Waals surface area contributed by atoms with E-state index >= 15 is 0 Å². The molecule has 2 fully saturated rings. The number of aromatic nitrogens is 2. The Morgan fingerprint density at radius 1 is 1.00 bits per heavy atom. The van der Waals surface area contributed by atoms with Crippen molar-refractivity contribution < 1.29 is 0 Å². The van der Waals surface area contributed by atoms with Crippen LogP contribution in [-0.4, -0.2) is 46.8 Å². The van der Waals surface area contributed by atoms with Gasteiger partial charge in [-0.1, -0.05) is 24.3 Å². The van der Waals surface area contributed by atoms with Crippen LogP contribution in [0.5, 0.6) is 0 Å². The standard InChI is InChI=1S/C22H22N4.C5H11N/c1-16-3-2-11-26(16)12-10-21-13-20-9-8-19(14-22(20)25-24-21)18-6-4-17(15-23)5-7-18;1-5-3-2-4-6-5/h4-9,13-14,16H,2-3,10-12H2,1H3;5-6H,2-4H2,1H3/t16-;5-/m11/s1. The van der Waals surface area contributed by atoms with Crippen molar-refractivity contribution in [2.24, 2.45) is 0 Å². The largest absolute Gasteiger partial charge is 0.314 e. The summed E-state index contributed by atoms with van der Waals surface area (Å²) in [7, 11) is 0. The van der Waals surface area contributed by atoms with E-state index in [0.717, 1.165) is 46.7 Å². The highest BCUT2D eigenvalue weighted by Gasteiger charge is 2.19. The van der Waals surface area contributed by atoms with E-state index in [4.69, 9.17) is 5.26 Å². The highest BCUT2D eigenvalue weighted by atomic mass is 15.2. The Bertz CT molecular complexity index is 1060. The second-order valence-corrected chi connectivity index (χ2v) is 9.07. The van der Waals surface area contributed by atoms with E-state index < -0.39 is 0 Å². The number of fused-ring (bicyclic) bond motifs is 1. The first-order valence-electron chi connectivity index (χ1n) is 11.9. The van der Waals surface area contributed by atoms with Crippen LogP contribution in [0.15, 0.2) is 48.5 Å². The van der Waals surface area contributed by atoms with Gasteiger partial charge in [0.2, 0.25) is 0 Å². The van der Waals surface area contributed by atoms with Crippen molar-refractivity contribution in [3.63, 3.8) is 0 Å². The average Bonchev–Trinajstić information content (AvgIpc) is 3.48. The maximum absolute atomic E-state index is 8.92. The minimum Gasteiger partial charge on any atom is -0.314 e. The molecule has 2 aliphatic heterocycles. The first-order valence-corrected chi connectivity index (χ1v) is 11.9. The van der Waals surface area contributed by atoms with Gasteiger partial charge in [0.1, 0.15) is 0 Å². The fourth-order valence-electron chi connectivity index (χ4n) is 4.56. The molecular weight excluding hydrogens is 394 g/mol. The predicted molar refractivity (Wildman–Crippen MR) is 130 cm³/mol. The highest BCUT2D eigenvalue weighted by molar-refractivity contribution is 5.84. The van der Waals surface area contributed by atoms with Crippen molar-refractivity contribution >= 4 is 10.9 Å². The van der Waals surface area contributed by atoms with Crippen LogP contribution in [0.3, 0.4) is 0 Å². The van der Waals surface area contributed by atoms with Crippen molar-refractivity contribution in [3.8, 4) is 17.2 Å². The minimum atomic E-state index is 0.672. The Morgan fingerprint density at radius 3 is 2.44 bits per heavy atom. The Morgan fingerprint density at radius 2 is 1.81 bits per heavy atom. The van der Waals surface area contributed by atoms with E-state index in [1.165, 1.54) is 38.8 Å². The van der Waals surface area contributed by atoms with Crippen LogP contribution in [0.25, 0.3) is 22.0 Å². The molecule has 3 heterocycles. The summed E-state index contributed by atoms with van der Waals surface area (Å²) < 4.78 is 0. The number of likely N-dealkylation sites (tertiary alicyclic amines) is 1. The molecule has 3 aromatic rings. The lowest BCUT2D eigenvalue weighted by Crippen LogP contribution is -2.29. The molecule has 0 spiro atoms. The molecule has 0 radical (unpaired) electrons. The third kappa shape index (κ3) is 5.70. The number of nitrogens with zero attached hydrogens (tertiary/aromatic N) is 4. The van der Waals surface area contributed by atoms with Gasteiger partial charge < -0.3 is 10.2 Å². The minimum absolute atomic E-state index is 0.672. The summed E-state index contributed by atoms with van der Waals surface area (Å²) in [6.45, 7) is 8.04. The van der Waals surface area contributed by atoms with Crippen LogP contribution < -0.4 is 5.32 Å². The normalized spacial score (nSPS) is 20.7. The van der Waals surface area contributed by atoms with Crippen molar-refractivity contribution in [2.75, 3.05) is 19.6 Å². The van der Waals surface area contributed by atoms with Crippen LogP contribution in [0, 0.1) is 11.3 Å². The quantitative estimate of drug-likeness (QED) is 0.638. The van der Waals surface area contributed by atoms with E-state index in [1.807, 2.05) is 24.3 Å². The molecule has 0 aliphatic carbocycles. The van der Waals surface area contributed by atoms with E-state index in [0.29, 0.717) is 11.6 Å². The summed E-state index contributed by atoms with van der Waals surface area (Å²) in [5.74, 6) is 0. The maximum atomic E-state index is 8.92. The molecule has 0 bridgehead atoms. The van der Waals surface area contributed by atoms with Crippen molar-refractivity contribution in [2.45, 2.75) is 58.0 Å². The summed E-state index contributed by atoms with van der Waals surface area (Å²) in [6.07, 6.45) is 6.32. The predicted octanol–water partition coefficient (Wildman–Crippen LogP) is 4.95. The first-order chi connectivity index (χ1) is 15.6. The Labute approximate surface area is 191 Å². The molecule has 1 N–H and O–H groups in total. The number of benzene rings is 2. The molecule has 0 saturated carbocycles. The molecule has 166 valence electrons. The summed E-state index contributed by atoms with van der Waals surface area (Å²) in [5, 5.41) is 22.2. The maximum Gasteiger partial charge on any atom is 0.0991 e. The second kappa shape index (κ2) is 10.7. The smallest absolute Gasteiger partial charge is 0.0991 e. The summed E-state index contributed by atoms with van der Waals surface area (Å²) in [4.78, 5) is 2.54. The molecule has 5 nitrogen and oxygen atoms in total. The number of hydrogen-bond donors (Lipinski definition) is 1. The van der Waals surface area contributed by atoms with Crippen LogP contribution >= 0.6 is 0 Å². The monoisotopic (exact) mass is 427 g/mol. The lowest BCUT2D eigenvalue weighted by atomic mass is 10.0. The molecule has 5 rings (SSSR count). The molecule has 2 aliphatic rings. The second-order valence-electron chi connectivity index (χ2n) is 9.07. The lowest BCUT2D eigenvalue weighted by Gasteiger charge is -2.20. The van der Waals surface area contributed by atoms with Gasteiger partial charge >= 0.3 is 0 Å². The van der Waals surface area contributed by atoms with Crippen molar-refractivity contribution in [3.05, 3.63) is 59.8 Å². The van der Waals surface area contributed by atoms with E-state index in [9.17, 15) is 0 Å². The number of hydrogen-bond acceptors (Lipinski definition) is 5. The van der Waals surface area contributed by atoms with Gasteiger partial charge in [-0.2, -0.15) is 15.5 Å². The molecule has 2 atom stereocenters. The van der Waals surface area contributed by atoms with Gasteiger partial charge in [0, 0.05) is 30.4 Å². The zero-order valence-electron chi connectivity index (χ0n) is 19.2. The van der Waals surface area contributed by atoms with Gasteiger partial charge in [0.05, 0.1) is 22.8 Å². The van der Waals surface area contributed by atoms with E-state index in [-0.39, 0.29) is 0 Å². The lowest BCUT2D eigenvalue weighted by molar-refractivity contribution is 0.271. The summed E-state index contributed by atoms with van der Waals surface area (Å²) >= 11 is 0. The highest BCUT2D eigenvalue weighted by Crippen LogP contribution is 2.24. The molecule has 32 heavy (non-hydrogen) atoms. The third-order valence-corrected chi connectivity index (χ3v) is 6.64. The fraction of sp³-hybridized carbons (Fsp3) is 0.444. The van der Waals surface area contributed by atoms with Gasteiger partial charge in [-0.25, -0.2) is 0 Å². The van der Waals surface area contributed by atoms with E-state index in [2.05, 4.69) is 64.6 Å². The van der Waals surface area contributed by atoms with Gasteiger partial charge in [0.25, 0.3) is 0 Å². The van der Waals surface area contributed by atoms with Crippen LogP contribution in [0.2, 0.25) is 0 Å². The van der Waals surface area contributed by atoms with Crippen molar-refractivity contribution in [1.82, 2.24) is 20.4 Å². The van der Waals surface area contributed by atoms with Crippen LogP contribution in [0.1, 0.15) is 50.8 Å². The SMILES string of the molecule is C[C@@H]1CCCN1.C[C@@H]1CCCN1CCc1cc2ccc(-c3ccc(C#N)cc3)cc2nn1. The molecule has 2 aromatic carbocycles. The summed E-state index contributed by atoms with van der Waals surface area (Å²) in [6, 6.07) is 19.7. The third-order valence-electron chi connectivity index (χ3n) is 6.64. The molecule has 5 heteroatoms. The number of rotatable bonds is 4. The van der Waals surface area contributed by atoms with Crippen LogP contribution in [-0.2, 0) is 6.42 Å². The number of nitriles is 1. The molecule has 2 saturated heterocycles. The zero-order chi connectivity index (χ0) is 22.3. The fourth-order valence-corrected chi connectivity index (χ4v) is 4.56. The Balaban J connectivity index is 0.000000354. The number of nitrogens with one attached hydrogen (secondary N) is 1. The topological polar surface area (TPSA) is 64.8 Å². The first kappa shape index (κ1) is 22.4. The van der Waals surface area contributed by atoms with Gasteiger partial charge in [-0.05, 0) is 88.0 Å². The zero-order valence-corrected chi connectivity index (χ0v) is 19.2. The summed E-state index contributed by atoms with van der Waals surface area (Å²) in [5.41, 5.74) is 4.81. The van der Waals surface area contributed by atoms with Gasteiger partial charge in [-0.3, -0.25) is 0 Å². The van der Waals surface area contributed by atoms with Gasteiger partial charge in [0.15, 0.2) is 0 Å². The Kier molecular flexibility index (Phi) is 7.47. The van der Waals surface area contributed by atoms with Crippen molar-refractivity contribution in [1.29, 1.82) is 5.26 Å². The molecular formula is C27H33N5. The Hall–Kier alpha value is -2.81. The molecule has 0 amide bonds. The average molecular weight is 428 g/mol. The van der Waals surface area contributed by atoms with Gasteiger partial charge in [-0.15, -0.1) is 0 Å². The van der Waals surface area contributed by atoms with Crippen LogP contribution in [0.4, 0.5) is 0 Å².